The van der Waals surface area contributed by atoms with E-state index in [2.05, 4.69) is 15.7 Å². The van der Waals surface area contributed by atoms with E-state index in [0.29, 0.717) is 5.82 Å². The molecule has 0 bridgehead atoms. The second-order valence-corrected chi connectivity index (χ2v) is 5.42. The lowest BCUT2D eigenvalue weighted by Crippen LogP contribution is -2.20. The predicted octanol–water partition coefficient (Wildman–Crippen LogP) is 3.89. The van der Waals surface area contributed by atoms with Gasteiger partial charge in [-0.05, 0) is 36.6 Å². The maximum atomic E-state index is 12.0. The topological polar surface area (TPSA) is 59.0 Å². The Kier molecular flexibility index (Phi) is 3.70. The summed E-state index contributed by atoms with van der Waals surface area (Å²) in [5, 5.41) is 12.7. The summed E-state index contributed by atoms with van der Waals surface area (Å²) >= 11 is 1.47. The van der Waals surface area contributed by atoms with Crippen molar-refractivity contribution in [1.82, 2.24) is 9.78 Å². The van der Waals surface area contributed by atoms with E-state index in [4.69, 9.17) is 0 Å². The van der Waals surface area contributed by atoms with Gasteiger partial charge in [-0.15, -0.1) is 11.3 Å². The first-order chi connectivity index (χ1) is 10.2. The molecular formula is C15H14N4OS. The Morgan fingerprint density at radius 2 is 1.95 bits per heavy atom. The van der Waals surface area contributed by atoms with Crippen LogP contribution in [0.3, 0.4) is 0 Å². The van der Waals surface area contributed by atoms with Gasteiger partial charge in [-0.1, -0.05) is 18.2 Å². The molecule has 1 aromatic carbocycles. The number of hydrogen-bond donors (Lipinski definition) is 2. The molecule has 0 aliphatic carbocycles. The second-order valence-electron chi connectivity index (χ2n) is 4.47. The van der Waals surface area contributed by atoms with Gasteiger partial charge in [0.25, 0.3) is 0 Å². The van der Waals surface area contributed by atoms with Gasteiger partial charge in [0, 0.05) is 6.07 Å². The highest BCUT2D eigenvalue weighted by Gasteiger charge is 2.11. The standard InChI is InChI=1S/C15H14N4OS/c1-11-10-13(16-15(20)17-14-8-5-9-21-14)19(18-11)12-6-3-2-4-7-12/h2-10H,1H3,(H2,16,17,20). The summed E-state index contributed by atoms with van der Waals surface area (Å²) in [5.74, 6) is 0.632. The van der Waals surface area contributed by atoms with Gasteiger partial charge in [0.1, 0.15) is 5.82 Å². The Morgan fingerprint density at radius 1 is 1.14 bits per heavy atom. The van der Waals surface area contributed by atoms with Crippen LogP contribution in [0.2, 0.25) is 0 Å². The van der Waals surface area contributed by atoms with Crippen LogP contribution in [0.1, 0.15) is 5.69 Å². The van der Waals surface area contributed by atoms with Crippen molar-refractivity contribution in [2.75, 3.05) is 10.6 Å². The van der Waals surface area contributed by atoms with Crippen LogP contribution in [-0.4, -0.2) is 15.8 Å². The molecule has 5 nitrogen and oxygen atoms in total. The molecule has 2 N–H and O–H groups in total. The van der Waals surface area contributed by atoms with Crippen molar-refractivity contribution in [3.05, 3.63) is 59.6 Å². The number of hydrogen-bond acceptors (Lipinski definition) is 3. The first kappa shape index (κ1) is 13.4. The largest absolute Gasteiger partial charge is 0.325 e. The molecule has 3 rings (SSSR count). The fraction of sp³-hybridized carbons (Fsp3) is 0.0667. The lowest BCUT2D eigenvalue weighted by molar-refractivity contribution is 0.262. The molecule has 6 heteroatoms. The molecule has 0 atom stereocenters. The molecule has 0 aliphatic heterocycles. The van der Waals surface area contributed by atoms with Crippen LogP contribution in [-0.2, 0) is 0 Å². The van der Waals surface area contributed by atoms with Gasteiger partial charge in [0.2, 0.25) is 0 Å². The molecule has 2 amide bonds. The number of benzene rings is 1. The third-order valence-corrected chi connectivity index (χ3v) is 3.62. The number of nitrogens with zero attached hydrogens (tertiary/aromatic N) is 2. The van der Waals surface area contributed by atoms with Gasteiger partial charge in [-0.3, -0.25) is 10.6 Å². The van der Waals surface area contributed by atoms with Gasteiger partial charge in [0.05, 0.1) is 16.4 Å². The molecule has 0 saturated heterocycles. The number of amides is 2. The minimum Gasteiger partial charge on any atom is -0.299 e. The number of para-hydroxylation sites is 1. The van der Waals surface area contributed by atoms with E-state index in [1.54, 1.807) is 4.68 Å². The van der Waals surface area contributed by atoms with Crippen LogP contribution in [0.25, 0.3) is 5.69 Å². The first-order valence-corrected chi connectivity index (χ1v) is 7.34. The maximum absolute atomic E-state index is 12.0. The number of anilines is 2. The average Bonchev–Trinajstić information content (AvgIpc) is 3.09. The Bertz CT molecular complexity index is 734. The quantitative estimate of drug-likeness (QED) is 0.770. The summed E-state index contributed by atoms with van der Waals surface area (Å²) in [6.45, 7) is 1.89. The van der Waals surface area contributed by atoms with Crippen molar-refractivity contribution in [2.24, 2.45) is 0 Å². The number of aromatic nitrogens is 2. The number of carbonyl (C=O) groups is 1. The molecule has 2 aromatic heterocycles. The molecule has 0 saturated carbocycles. The molecule has 0 spiro atoms. The summed E-state index contributed by atoms with van der Waals surface area (Å²) in [7, 11) is 0. The number of nitrogens with one attached hydrogen (secondary N) is 2. The van der Waals surface area contributed by atoms with E-state index in [9.17, 15) is 4.79 Å². The lowest BCUT2D eigenvalue weighted by atomic mass is 10.3. The summed E-state index contributed by atoms with van der Waals surface area (Å²) in [4.78, 5) is 12.0. The van der Waals surface area contributed by atoms with Crippen LogP contribution in [0.15, 0.2) is 53.9 Å². The fourth-order valence-electron chi connectivity index (χ4n) is 1.96. The molecule has 3 aromatic rings. The highest BCUT2D eigenvalue weighted by Crippen LogP contribution is 2.18. The molecule has 0 aliphatic rings. The molecular weight excluding hydrogens is 284 g/mol. The maximum Gasteiger partial charge on any atom is 0.325 e. The number of aryl methyl sites for hydroxylation is 1. The van der Waals surface area contributed by atoms with Gasteiger partial charge < -0.3 is 0 Å². The predicted molar refractivity (Wildman–Crippen MR) is 85.3 cm³/mol. The van der Waals surface area contributed by atoms with Crippen molar-refractivity contribution in [1.29, 1.82) is 0 Å². The Labute approximate surface area is 126 Å². The monoisotopic (exact) mass is 298 g/mol. The van der Waals surface area contributed by atoms with E-state index < -0.39 is 0 Å². The van der Waals surface area contributed by atoms with Gasteiger partial charge >= 0.3 is 6.03 Å². The summed E-state index contributed by atoms with van der Waals surface area (Å²) < 4.78 is 1.71. The molecule has 2 heterocycles. The normalized spacial score (nSPS) is 10.3. The number of thiophene rings is 1. The van der Waals surface area contributed by atoms with Crippen molar-refractivity contribution in [3.8, 4) is 5.69 Å². The lowest BCUT2D eigenvalue weighted by Gasteiger charge is -2.09. The van der Waals surface area contributed by atoms with Crippen molar-refractivity contribution in [2.45, 2.75) is 6.92 Å². The van der Waals surface area contributed by atoms with E-state index in [1.807, 2.05) is 60.8 Å². The fourth-order valence-corrected chi connectivity index (χ4v) is 2.58. The zero-order valence-corrected chi connectivity index (χ0v) is 12.2. The van der Waals surface area contributed by atoms with Crippen LogP contribution >= 0.6 is 11.3 Å². The van der Waals surface area contributed by atoms with Gasteiger partial charge in [0.15, 0.2) is 0 Å². The first-order valence-electron chi connectivity index (χ1n) is 6.46. The Morgan fingerprint density at radius 3 is 2.67 bits per heavy atom. The van der Waals surface area contributed by atoms with Crippen LogP contribution < -0.4 is 10.6 Å². The summed E-state index contributed by atoms with van der Waals surface area (Å²) in [6.07, 6.45) is 0. The molecule has 21 heavy (non-hydrogen) atoms. The minimum atomic E-state index is -0.283. The van der Waals surface area contributed by atoms with Crippen molar-refractivity contribution < 1.29 is 4.79 Å². The molecule has 0 fully saturated rings. The minimum absolute atomic E-state index is 0.283. The molecule has 0 radical (unpaired) electrons. The van der Waals surface area contributed by atoms with E-state index in [1.165, 1.54) is 11.3 Å². The second kappa shape index (κ2) is 5.80. The van der Waals surface area contributed by atoms with Crippen LogP contribution in [0, 0.1) is 6.92 Å². The highest BCUT2D eigenvalue weighted by molar-refractivity contribution is 7.14. The highest BCUT2D eigenvalue weighted by atomic mass is 32.1. The van der Waals surface area contributed by atoms with Crippen molar-refractivity contribution >= 4 is 28.2 Å². The van der Waals surface area contributed by atoms with Gasteiger partial charge in [-0.2, -0.15) is 5.10 Å². The Balaban J connectivity index is 1.81. The third-order valence-electron chi connectivity index (χ3n) is 2.83. The molecule has 0 unspecified atom stereocenters. The van der Waals surface area contributed by atoms with Crippen molar-refractivity contribution in [3.63, 3.8) is 0 Å². The SMILES string of the molecule is Cc1cc(NC(=O)Nc2cccs2)n(-c2ccccc2)n1. The van der Waals surface area contributed by atoms with E-state index >= 15 is 0 Å². The summed E-state index contributed by atoms with van der Waals surface area (Å²) in [6, 6.07) is 15.0. The number of carbonyl (C=O) groups excluding carboxylic acids is 1. The third kappa shape index (κ3) is 3.11. The van der Waals surface area contributed by atoms with E-state index in [-0.39, 0.29) is 6.03 Å². The summed E-state index contributed by atoms with van der Waals surface area (Å²) in [5.41, 5.74) is 1.74. The molecule has 106 valence electrons. The zero-order chi connectivity index (χ0) is 14.7. The van der Waals surface area contributed by atoms with Crippen LogP contribution in [0.4, 0.5) is 15.6 Å². The van der Waals surface area contributed by atoms with Gasteiger partial charge in [-0.25, -0.2) is 9.48 Å². The Hall–Kier alpha value is -2.60. The number of rotatable bonds is 3. The average molecular weight is 298 g/mol. The zero-order valence-electron chi connectivity index (χ0n) is 11.4. The van der Waals surface area contributed by atoms with Crippen LogP contribution in [0.5, 0.6) is 0 Å². The smallest absolute Gasteiger partial charge is 0.299 e. The number of urea groups is 1. The van der Waals surface area contributed by atoms with E-state index in [0.717, 1.165) is 16.4 Å².